The van der Waals surface area contributed by atoms with Crippen molar-refractivity contribution in [3.05, 3.63) is 29.8 Å². The summed E-state index contributed by atoms with van der Waals surface area (Å²) in [4.78, 5) is 28.7. The van der Waals surface area contributed by atoms with Crippen LogP contribution in [0.25, 0.3) is 5.52 Å². The molecule has 0 bridgehead atoms. The molecule has 4 rings (SSSR count). The number of fused-ring (bicyclic) bond motifs is 1. The first-order valence-corrected chi connectivity index (χ1v) is 11.8. The van der Waals surface area contributed by atoms with Gasteiger partial charge >= 0.3 is 11.9 Å². The minimum atomic E-state index is -1.88. The summed E-state index contributed by atoms with van der Waals surface area (Å²) < 4.78 is 18.5. The molecule has 0 radical (unpaired) electrons. The summed E-state index contributed by atoms with van der Waals surface area (Å²) in [6.07, 6.45) is 3.44. The number of carbonyl (C=O) groups is 2. The highest BCUT2D eigenvalue weighted by Gasteiger charge is 2.60. The van der Waals surface area contributed by atoms with Gasteiger partial charge in [0.1, 0.15) is 31.2 Å². The van der Waals surface area contributed by atoms with Gasteiger partial charge in [-0.2, -0.15) is 10.4 Å². The van der Waals surface area contributed by atoms with Crippen LogP contribution < -0.4 is 0 Å². The molecule has 1 saturated heterocycles. The molecule has 2 aromatic rings. The minimum absolute atomic E-state index is 0.0808. The van der Waals surface area contributed by atoms with Crippen LogP contribution in [0.4, 0.5) is 0 Å². The van der Waals surface area contributed by atoms with Crippen molar-refractivity contribution in [2.24, 2.45) is 5.92 Å². The van der Waals surface area contributed by atoms with Gasteiger partial charge < -0.3 is 19.3 Å². The molecule has 1 aliphatic heterocycles. The van der Waals surface area contributed by atoms with Gasteiger partial charge in [-0.05, 0) is 37.8 Å². The van der Waals surface area contributed by atoms with Crippen molar-refractivity contribution in [1.29, 1.82) is 5.26 Å². The standard InChI is InChI=1S/C24H30N4O6/c1-3-20(29)33-22-18(12-32-21(30)11-16-7-5-4-6-8-16)34-24(13-25,23(22)31)19-10-9-17-15(2)26-14-27-28(17)19/h9-10,14,16,18,22-23,31H,3-8,11-12H2,1-2H3/t18-,22-,23-,24+/m1/s1. The van der Waals surface area contributed by atoms with Crippen LogP contribution >= 0.6 is 0 Å². The molecule has 0 spiro atoms. The van der Waals surface area contributed by atoms with Gasteiger partial charge in [0.2, 0.25) is 5.60 Å². The van der Waals surface area contributed by atoms with Crippen molar-refractivity contribution >= 4 is 17.5 Å². The number of nitriles is 1. The molecular formula is C24H30N4O6. The molecule has 1 saturated carbocycles. The lowest BCUT2D eigenvalue weighted by molar-refractivity contribution is -0.160. The Hall–Kier alpha value is -3.03. The van der Waals surface area contributed by atoms with Crippen molar-refractivity contribution in [3.8, 4) is 6.07 Å². The van der Waals surface area contributed by atoms with Crippen molar-refractivity contribution in [3.63, 3.8) is 0 Å². The monoisotopic (exact) mass is 470 g/mol. The van der Waals surface area contributed by atoms with Gasteiger partial charge in [0.05, 0.1) is 16.9 Å². The minimum Gasteiger partial charge on any atom is -0.463 e. The Morgan fingerprint density at radius 1 is 1.29 bits per heavy atom. The SMILES string of the molecule is CCC(=O)O[C@H]1[C@@H](O)[C@](C#N)(c2ccc3c(C)ncnn23)O[C@@H]1COC(=O)CC1CCCCC1. The number of hydrogen-bond acceptors (Lipinski definition) is 9. The molecule has 1 aliphatic carbocycles. The smallest absolute Gasteiger partial charge is 0.306 e. The number of aliphatic hydroxyl groups is 1. The first-order chi connectivity index (χ1) is 16.4. The van der Waals surface area contributed by atoms with Gasteiger partial charge in [-0.15, -0.1) is 0 Å². The van der Waals surface area contributed by atoms with Gasteiger partial charge in [0.15, 0.2) is 6.10 Å². The average molecular weight is 471 g/mol. The molecule has 0 amide bonds. The van der Waals surface area contributed by atoms with Gasteiger partial charge in [0.25, 0.3) is 0 Å². The molecule has 3 heterocycles. The van der Waals surface area contributed by atoms with E-state index in [4.69, 9.17) is 14.2 Å². The molecule has 1 N–H and O–H groups in total. The summed E-state index contributed by atoms with van der Waals surface area (Å²) in [5.41, 5.74) is -0.278. The van der Waals surface area contributed by atoms with E-state index >= 15 is 0 Å². The molecule has 10 nitrogen and oxygen atoms in total. The number of aromatic nitrogens is 3. The number of carbonyl (C=O) groups excluding carboxylic acids is 2. The van der Waals surface area contributed by atoms with E-state index in [-0.39, 0.29) is 24.7 Å². The second-order valence-corrected chi connectivity index (χ2v) is 9.01. The van der Waals surface area contributed by atoms with E-state index in [9.17, 15) is 20.0 Å². The lowest BCUT2D eigenvalue weighted by atomic mass is 9.87. The van der Waals surface area contributed by atoms with Crippen molar-refractivity contribution in [2.75, 3.05) is 6.61 Å². The van der Waals surface area contributed by atoms with E-state index in [0.717, 1.165) is 25.7 Å². The number of hydrogen-bond donors (Lipinski definition) is 1. The van der Waals surface area contributed by atoms with Gasteiger partial charge in [0, 0.05) is 12.8 Å². The number of rotatable bonds is 7. The summed E-state index contributed by atoms with van der Waals surface area (Å²) in [5.74, 6) is -0.618. The van der Waals surface area contributed by atoms with Crippen LogP contribution in [-0.2, 0) is 29.4 Å². The predicted octanol–water partition coefficient (Wildman–Crippen LogP) is 2.35. The Balaban J connectivity index is 1.57. The van der Waals surface area contributed by atoms with Crippen LogP contribution in [0.5, 0.6) is 0 Å². The summed E-state index contributed by atoms with van der Waals surface area (Å²) in [7, 11) is 0. The Bertz CT molecular complexity index is 1090. The van der Waals surface area contributed by atoms with Crippen LogP contribution in [0.15, 0.2) is 18.5 Å². The maximum atomic E-state index is 12.5. The lowest BCUT2D eigenvalue weighted by Gasteiger charge is -2.24. The highest BCUT2D eigenvalue weighted by atomic mass is 16.6. The molecule has 0 aromatic carbocycles. The molecule has 10 heteroatoms. The molecule has 4 atom stereocenters. The maximum Gasteiger partial charge on any atom is 0.306 e. The van der Waals surface area contributed by atoms with E-state index in [0.29, 0.717) is 23.5 Å². The molecule has 182 valence electrons. The van der Waals surface area contributed by atoms with E-state index in [1.54, 1.807) is 26.0 Å². The topological polar surface area (TPSA) is 136 Å². The Labute approximate surface area is 197 Å². The van der Waals surface area contributed by atoms with Crippen LogP contribution in [-0.4, -0.2) is 56.6 Å². The quantitative estimate of drug-likeness (QED) is 0.605. The van der Waals surface area contributed by atoms with Crippen LogP contribution in [0.3, 0.4) is 0 Å². The number of ether oxygens (including phenoxy) is 3. The average Bonchev–Trinajstić information content (AvgIpc) is 3.39. The van der Waals surface area contributed by atoms with Crippen molar-refractivity contribution < 1.29 is 28.9 Å². The fourth-order valence-electron chi connectivity index (χ4n) is 4.88. The largest absolute Gasteiger partial charge is 0.463 e. The molecule has 2 fully saturated rings. The number of nitrogens with zero attached hydrogens (tertiary/aromatic N) is 4. The molecular weight excluding hydrogens is 440 g/mol. The van der Waals surface area contributed by atoms with Crippen LogP contribution in [0.1, 0.15) is 63.3 Å². The fourth-order valence-corrected chi connectivity index (χ4v) is 4.88. The normalized spacial score (nSPS) is 27.4. The molecule has 2 aliphatic rings. The zero-order chi connectivity index (χ0) is 24.3. The van der Waals surface area contributed by atoms with Gasteiger partial charge in [-0.25, -0.2) is 9.50 Å². The first kappa shape index (κ1) is 24.1. The maximum absolute atomic E-state index is 12.5. The van der Waals surface area contributed by atoms with Gasteiger partial charge in [-0.3, -0.25) is 9.59 Å². The predicted molar refractivity (Wildman–Crippen MR) is 118 cm³/mol. The Morgan fingerprint density at radius 2 is 2.06 bits per heavy atom. The van der Waals surface area contributed by atoms with Gasteiger partial charge in [-0.1, -0.05) is 26.2 Å². The second-order valence-electron chi connectivity index (χ2n) is 9.01. The van der Waals surface area contributed by atoms with E-state index in [1.165, 1.54) is 17.3 Å². The van der Waals surface area contributed by atoms with E-state index < -0.39 is 29.9 Å². The third kappa shape index (κ3) is 4.50. The zero-order valence-electron chi connectivity index (χ0n) is 19.5. The van der Waals surface area contributed by atoms with E-state index in [1.807, 2.05) is 0 Å². The summed E-state index contributed by atoms with van der Waals surface area (Å²) in [6, 6.07) is 5.41. The van der Waals surface area contributed by atoms with Crippen LogP contribution in [0, 0.1) is 24.2 Å². The van der Waals surface area contributed by atoms with E-state index in [2.05, 4.69) is 16.2 Å². The lowest BCUT2D eigenvalue weighted by Crippen LogP contribution is -2.43. The Kier molecular flexibility index (Phi) is 7.14. The van der Waals surface area contributed by atoms with Crippen LogP contribution in [0.2, 0.25) is 0 Å². The van der Waals surface area contributed by atoms with Crippen molar-refractivity contribution in [1.82, 2.24) is 14.6 Å². The second kappa shape index (κ2) is 10.1. The molecule has 0 unspecified atom stereocenters. The summed E-state index contributed by atoms with van der Waals surface area (Å²) >= 11 is 0. The highest BCUT2D eigenvalue weighted by molar-refractivity contribution is 5.70. The third-order valence-corrected chi connectivity index (χ3v) is 6.77. The third-order valence-electron chi connectivity index (χ3n) is 6.77. The summed E-state index contributed by atoms with van der Waals surface area (Å²) in [6.45, 7) is 3.18. The zero-order valence-corrected chi connectivity index (χ0v) is 19.5. The first-order valence-electron chi connectivity index (χ1n) is 11.8. The highest BCUT2D eigenvalue weighted by Crippen LogP contribution is 2.41. The molecule has 34 heavy (non-hydrogen) atoms. The number of aliphatic hydroxyl groups excluding tert-OH is 1. The number of aryl methyl sites for hydroxylation is 1. The van der Waals surface area contributed by atoms with Crippen molar-refractivity contribution in [2.45, 2.75) is 82.7 Å². The fraction of sp³-hybridized carbons (Fsp3) is 0.625. The molecule has 2 aromatic heterocycles. The Morgan fingerprint density at radius 3 is 2.76 bits per heavy atom. The summed E-state index contributed by atoms with van der Waals surface area (Å²) in [5, 5.41) is 25.6. The number of esters is 2.